The number of nitrogens with zero attached hydrogens (tertiary/aromatic N) is 2. The van der Waals surface area contributed by atoms with Gasteiger partial charge in [-0.2, -0.15) is 0 Å². The summed E-state index contributed by atoms with van der Waals surface area (Å²) in [7, 11) is 4.82. The Morgan fingerprint density at radius 2 is 1.78 bits per heavy atom. The van der Waals surface area contributed by atoms with E-state index in [0.29, 0.717) is 61.2 Å². The summed E-state index contributed by atoms with van der Waals surface area (Å²) in [5.74, 6) is 2.48. The van der Waals surface area contributed by atoms with Crippen molar-refractivity contribution in [1.29, 1.82) is 0 Å². The molecule has 0 aliphatic heterocycles. The molecule has 8 nitrogen and oxygen atoms in total. The number of hydrogen-bond acceptors (Lipinski definition) is 7. The van der Waals surface area contributed by atoms with Crippen molar-refractivity contribution in [3.8, 4) is 11.5 Å². The number of thiophene rings is 1. The van der Waals surface area contributed by atoms with E-state index in [1.54, 1.807) is 37.2 Å². The van der Waals surface area contributed by atoms with Gasteiger partial charge in [0, 0.05) is 26.8 Å². The van der Waals surface area contributed by atoms with E-state index in [0.717, 1.165) is 11.3 Å². The van der Waals surface area contributed by atoms with Crippen LogP contribution in [-0.4, -0.2) is 69.2 Å². The molecule has 0 saturated heterocycles. The van der Waals surface area contributed by atoms with Crippen molar-refractivity contribution < 1.29 is 28.2 Å². The van der Waals surface area contributed by atoms with Gasteiger partial charge in [-0.05, 0) is 61.0 Å². The second kappa shape index (κ2) is 13.7. The zero-order valence-corrected chi connectivity index (χ0v) is 22.1. The number of benzene rings is 1. The minimum atomic E-state index is -0.150. The maximum Gasteiger partial charge on any atom is 0.264 e. The number of amides is 2. The largest absolute Gasteiger partial charge is 0.493 e. The lowest BCUT2D eigenvalue weighted by molar-refractivity contribution is -0.132. The molecule has 9 heteroatoms. The summed E-state index contributed by atoms with van der Waals surface area (Å²) in [6.45, 7) is 3.56. The van der Waals surface area contributed by atoms with E-state index in [2.05, 4.69) is 0 Å². The van der Waals surface area contributed by atoms with Gasteiger partial charge in [-0.1, -0.05) is 12.1 Å². The van der Waals surface area contributed by atoms with Crippen LogP contribution in [0.2, 0.25) is 0 Å². The van der Waals surface area contributed by atoms with Crippen LogP contribution < -0.4 is 9.47 Å². The Bertz CT molecular complexity index is 1110. The van der Waals surface area contributed by atoms with Crippen LogP contribution in [0.3, 0.4) is 0 Å². The van der Waals surface area contributed by atoms with Gasteiger partial charge in [-0.3, -0.25) is 9.59 Å². The van der Waals surface area contributed by atoms with Crippen molar-refractivity contribution in [1.82, 2.24) is 9.80 Å². The summed E-state index contributed by atoms with van der Waals surface area (Å²) in [6.07, 6.45) is 1.25. The van der Waals surface area contributed by atoms with E-state index in [9.17, 15) is 9.59 Å². The van der Waals surface area contributed by atoms with Crippen LogP contribution in [0.5, 0.6) is 11.5 Å². The van der Waals surface area contributed by atoms with Gasteiger partial charge in [0.25, 0.3) is 5.91 Å². The summed E-state index contributed by atoms with van der Waals surface area (Å²) >= 11 is 1.37. The van der Waals surface area contributed by atoms with Crippen molar-refractivity contribution in [2.24, 2.45) is 0 Å². The molecule has 3 rings (SSSR count). The van der Waals surface area contributed by atoms with Crippen molar-refractivity contribution in [3.05, 3.63) is 69.8 Å². The van der Waals surface area contributed by atoms with Gasteiger partial charge in [-0.25, -0.2) is 0 Å². The average Bonchev–Trinajstić information content (AvgIpc) is 3.57. The summed E-state index contributed by atoms with van der Waals surface area (Å²) in [5.41, 5.74) is 1.01. The molecule has 0 saturated carbocycles. The second-order valence-electron chi connectivity index (χ2n) is 8.32. The molecule has 2 amide bonds. The molecule has 1 aromatic carbocycles. The van der Waals surface area contributed by atoms with Crippen LogP contribution in [0.4, 0.5) is 0 Å². The van der Waals surface area contributed by atoms with Crippen molar-refractivity contribution in [2.75, 3.05) is 47.6 Å². The van der Waals surface area contributed by atoms with Crippen molar-refractivity contribution in [2.45, 2.75) is 26.3 Å². The van der Waals surface area contributed by atoms with E-state index in [4.69, 9.17) is 18.6 Å². The molecule has 0 spiro atoms. The average molecular weight is 515 g/mol. The van der Waals surface area contributed by atoms with Gasteiger partial charge in [0.05, 0.1) is 25.6 Å². The number of methoxy groups -OCH3 is 3. The topological polar surface area (TPSA) is 81.5 Å². The third-order valence-electron chi connectivity index (χ3n) is 5.74. The third kappa shape index (κ3) is 7.60. The summed E-state index contributed by atoms with van der Waals surface area (Å²) in [6, 6.07) is 13.1. The van der Waals surface area contributed by atoms with E-state index in [1.165, 1.54) is 11.3 Å². The first-order chi connectivity index (χ1) is 17.4. The van der Waals surface area contributed by atoms with E-state index >= 15 is 0 Å². The van der Waals surface area contributed by atoms with Crippen LogP contribution in [0.1, 0.15) is 33.2 Å². The van der Waals surface area contributed by atoms with Gasteiger partial charge in [0.1, 0.15) is 18.1 Å². The smallest absolute Gasteiger partial charge is 0.264 e. The van der Waals surface area contributed by atoms with E-state index in [1.807, 2.05) is 48.7 Å². The molecule has 0 unspecified atom stereocenters. The first-order valence-corrected chi connectivity index (χ1v) is 12.7. The Labute approximate surface area is 216 Å². The maximum atomic E-state index is 13.5. The molecular formula is C27H34N2O6S. The van der Waals surface area contributed by atoms with Crippen LogP contribution in [0, 0.1) is 6.92 Å². The number of aryl methyl sites for hydroxylation is 1. The van der Waals surface area contributed by atoms with Gasteiger partial charge >= 0.3 is 0 Å². The molecular weight excluding hydrogens is 480 g/mol. The number of rotatable bonds is 14. The minimum Gasteiger partial charge on any atom is -0.493 e. The molecule has 2 heterocycles. The molecule has 194 valence electrons. The highest BCUT2D eigenvalue weighted by molar-refractivity contribution is 7.12. The van der Waals surface area contributed by atoms with Gasteiger partial charge in [-0.15, -0.1) is 11.3 Å². The predicted octanol–water partition coefficient (Wildman–Crippen LogP) is 4.42. The predicted molar refractivity (Wildman–Crippen MR) is 139 cm³/mol. The lowest BCUT2D eigenvalue weighted by Crippen LogP contribution is -2.43. The highest BCUT2D eigenvalue weighted by atomic mass is 32.1. The fourth-order valence-electron chi connectivity index (χ4n) is 3.82. The zero-order chi connectivity index (χ0) is 25.9. The highest BCUT2D eigenvalue weighted by Crippen LogP contribution is 2.28. The molecule has 0 bridgehead atoms. The van der Waals surface area contributed by atoms with Gasteiger partial charge in [0.2, 0.25) is 5.91 Å². The normalized spacial score (nSPS) is 10.8. The summed E-state index contributed by atoms with van der Waals surface area (Å²) in [5, 5.41) is 1.86. The number of carbonyl (C=O) groups excluding carboxylic acids is 2. The SMILES string of the molecule is COCCCN(CC(=O)N(CCc1ccc(OC)c(OC)c1)Cc1ccc(C)o1)C(=O)c1cccs1. The number of ether oxygens (including phenoxy) is 3. The third-order valence-corrected chi connectivity index (χ3v) is 6.59. The Morgan fingerprint density at radius 3 is 2.42 bits per heavy atom. The molecule has 36 heavy (non-hydrogen) atoms. The molecule has 0 atom stereocenters. The highest BCUT2D eigenvalue weighted by Gasteiger charge is 2.24. The number of furan rings is 1. The lowest BCUT2D eigenvalue weighted by Gasteiger charge is -2.27. The Balaban J connectivity index is 1.76. The van der Waals surface area contributed by atoms with Crippen LogP contribution in [0.25, 0.3) is 0 Å². The maximum absolute atomic E-state index is 13.5. The van der Waals surface area contributed by atoms with Gasteiger partial charge in [0.15, 0.2) is 11.5 Å². The lowest BCUT2D eigenvalue weighted by atomic mass is 10.1. The first-order valence-electron chi connectivity index (χ1n) is 11.8. The van der Waals surface area contributed by atoms with Crippen molar-refractivity contribution in [3.63, 3.8) is 0 Å². The minimum absolute atomic E-state index is 0.0218. The second-order valence-corrected chi connectivity index (χ2v) is 9.27. The number of hydrogen-bond donors (Lipinski definition) is 0. The molecule has 0 fully saturated rings. The first kappa shape index (κ1) is 27.3. The Kier molecular flexibility index (Phi) is 10.4. The zero-order valence-electron chi connectivity index (χ0n) is 21.3. The van der Waals surface area contributed by atoms with E-state index in [-0.39, 0.29) is 18.4 Å². The molecule has 0 N–H and O–H groups in total. The van der Waals surface area contributed by atoms with Crippen LogP contribution >= 0.6 is 11.3 Å². The van der Waals surface area contributed by atoms with E-state index < -0.39 is 0 Å². The number of carbonyl (C=O) groups is 2. The van der Waals surface area contributed by atoms with Crippen LogP contribution in [-0.2, 0) is 22.5 Å². The summed E-state index contributed by atoms with van der Waals surface area (Å²) in [4.78, 5) is 30.6. The van der Waals surface area contributed by atoms with Crippen molar-refractivity contribution >= 4 is 23.2 Å². The Hall–Kier alpha value is -3.30. The van der Waals surface area contributed by atoms with Crippen LogP contribution in [0.15, 0.2) is 52.3 Å². The fourth-order valence-corrected chi connectivity index (χ4v) is 4.51. The molecule has 0 aliphatic rings. The summed E-state index contributed by atoms with van der Waals surface area (Å²) < 4.78 is 21.6. The molecule has 2 aromatic heterocycles. The van der Waals surface area contributed by atoms with Gasteiger partial charge < -0.3 is 28.4 Å². The quantitative estimate of drug-likeness (QED) is 0.296. The Morgan fingerprint density at radius 1 is 0.972 bits per heavy atom. The molecule has 0 aliphatic carbocycles. The molecule has 0 radical (unpaired) electrons. The molecule has 3 aromatic rings. The monoisotopic (exact) mass is 514 g/mol. The standard InChI is InChI=1S/C27H34N2O6S/c1-20-8-10-22(35-20)18-28(14-12-21-9-11-23(33-3)24(17-21)34-4)26(30)19-29(13-6-15-32-2)27(31)25-7-5-16-36-25/h5,7-11,16-17H,6,12-15,18-19H2,1-4H3. The fraction of sp³-hybridized carbons (Fsp3) is 0.407.